The lowest BCUT2D eigenvalue weighted by atomic mass is 10.2. The minimum absolute atomic E-state index is 0.0955. The molecule has 0 saturated heterocycles. The third-order valence-corrected chi connectivity index (χ3v) is 2.05. The van der Waals surface area contributed by atoms with E-state index in [0.717, 1.165) is 18.1 Å². The number of nitrogens with two attached hydrogens (primary N) is 1. The second-order valence-electron chi connectivity index (χ2n) is 4.14. The highest BCUT2D eigenvalue weighted by molar-refractivity contribution is 5.97. The zero-order valence-corrected chi connectivity index (χ0v) is 9.86. The summed E-state index contributed by atoms with van der Waals surface area (Å²) in [7, 11) is 0. The summed E-state index contributed by atoms with van der Waals surface area (Å²) in [5.41, 5.74) is 7.03. The van der Waals surface area contributed by atoms with Crippen molar-refractivity contribution in [3.8, 4) is 0 Å². The molecule has 0 bridgehead atoms. The van der Waals surface area contributed by atoms with Gasteiger partial charge in [0.2, 0.25) is 0 Å². The van der Waals surface area contributed by atoms with Crippen molar-refractivity contribution in [1.82, 2.24) is 4.98 Å². The lowest BCUT2D eigenvalue weighted by Gasteiger charge is -2.10. The molecule has 0 fully saturated rings. The Labute approximate surface area is 95.4 Å². The number of anilines is 1. The van der Waals surface area contributed by atoms with Gasteiger partial charge in [0.25, 0.3) is 0 Å². The number of aromatic nitrogens is 1. The second kappa shape index (κ2) is 5.34. The Hall–Kier alpha value is -1.78. The summed E-state index contributed by atoms with van der Waals surface area (Å²) < 4.78 is 0. The Morgan fingerprint density at radius 2 is 2.25 bits per heavy atom. The highest BCUT2D eigenvalue weighted by Gasteiger charge is 2.04. The van der Waals surface area contributed by atoms with Gasteiger partial charge in [-0.1, -0.05) is 19.0 Å². The van der Waals surface area contributed by atoms with Crippen LogP contribution in [-0.2, 0) is 0 Å². The van der Waals surface area contributed by atoms with E-state index in [1.54, 1.807) is 12.1 Å². The molecule has 0 unspecified atom stereocenters. The summed E-state index contributed by atoms with van der Waals surface area (Å²) in [6.07, 6.45) is 0. The highest BCUT2D eigenvalue weighted by atomic mass is 16.4. The number of hydrogen-bond acceptors (Lipinski definition) is 4. The van der Waals surface area contributed by atoms with Crippen LogP contribution < -0.4 is 11.1 Å². The van der Waals surface area contributed by atoms with Gasteiger partial charge in [-0.05, 0) is 25.0 Å². The van der Waals surface area contributed by atoms with Crippen LogP contribution in [0.15, 0.2) is 17.3 Å². The number of nitrogens with one attached hydrogen (secondary N) is 1. The van der Waals surface area contributed by atoms with E-state index in [0.29, 0.717) is 11.5 Å². The van der Waals surface area contributed by atoms with Gasteiger partial charge >= 0.3 is 0 Å². The summed E-state index contributed by atoms with van der Waals surface area (Å²) in [6.45, 7) is 6.95. The third kappa shape index (κ3) is 3.42. The molecule has 0 aliphatic carbocycles. The normalized spacial score (nSPS) is 11.9. The molecular weight excluding hydrogens is 204 g/mol. The van der Waals surface area contributed by atoms with Crippen LogP contribution in [0.5, 0.6) is 0 Å². The molecule has 1 rings (SSSR count). The quantitative estimate of drug-likeness (QED) is 0.312. The minimum atomic E-state index is 0.0955. The summed E-state index contributed by atoms with van der Waals surface area (Å²) >= 11 is 0. The molecule has 1 aromatic heterocycles. The van der Waals surface area contributed by atoms with Crippen molar-refractivity contribution < 1.29 is 5.21 Å². The van der Waals surface area contributed by atoms with Crippen molar-refractivity contribution in [3.63, 3.8) is 0 Å². The number of rotatable bonds is 4. The highest BCUT2D eigenvalue weighted by Crippen LogP contribution is 2.10. The molecule has 16 heavy (non-hydrogen) atoms. The summed E-state index contributed by atoms with van der Waals surface area (Å²) in [4.78, 5) is 4.32. The average molecular weight is 222 g/mol. The first-order valence-electron chi connectivity index (χ1n) is 5.23. The van der Waals surface area contributed by atoms with Gasteiger partial charge in [-0.15, -0.1) is 0 Å². The van der Waals surface area contributed by atoms with Crippen LogP contribution in [0.3, 0.4) is 0 Å². The van der Waals surface area contributed by atoms with Gasteiger partial charge in [0.05, 0.1) is 0 Å². The number of amidine groups is 1. The number of oxime groups is 1. The molecule has 0 aromatic carbocycles. The number of nitrogens with zero attached hydrogens (tertiary/aromatic N) is 2. The Balaban J connectivity index is 2.90. The molecule has 0 aliphatic rings. The predicted octanol–water partition coefficient (Wildman–Crippen LogP) is 1.55. The fourth-order valence-corrected chi connectivity index (χ4v) is 1.27. The van der Waals surface area contributed by atoms with E-state index in [9.17, 15) is 0 Å². The molecule has 0 amide bonds. The van der Waals surface area contributed by atoms with Gasteiger partial charge < -0.3 is 16.3 Å². The zero-order valence-electron chi connectivity index (χ0n) is 9.86. The van der Waals surface area contributed by atoms with Crippen molar-refractivity contribution in [1.29, 1.82) is 0 Å². The maximum atomic E-state index is 8.61. The molecule has 88 valence electrons. The van der Waals surface area contributed by atoms with Crippen molar-refractivity contribution >= 4 is 11.7 Å². The molecular formula is C11H18N4O. The van der Waals surface area contributed by atoms with Crippen LogP contribution in [-0.4, -0.2) is 22.6 Å². The molecule has 0 radical (unpaired) electrons. The van der Waals surface area contributed by atoms with E-state index < -0.39 is 0 Å². The lowest BCUT2D eigenvalue weighted by molar-refractivity contribution is 0.318. The van der Waals surface area contributed by atoms with Gasteiger partial charge in [-0.2, -0.15) is 0 Å². The number of aryl methyl sites for hydroxylation is 1. The Morgan fingerprint density at radius 1 is 1.56 bits per heavy atom. The van der Waals surface area contributed by atoms with Gasteiger partial charge in [0, 0.05) is 17.8 Å². The smallest absolute Gasteiger partial charge is 0.170 e. The predicted molar refractivity (Wildman–Crippen MR) is 64.8 cm³/mol. The summed E-state index contributed by atoms with van der Waals surface area (Å²) in [5, 5.41) is 14.8. The maximum Gasteiger partial charge on any atom is 0.170 e. The topological polar surface area (TPSA) is 83.5 Å². The third-order valence-electron chi connectivity index (χ3n) is 2.05. The van der Waals surface area contributed by atoms with Crippen LogP contribution in [0.1, 0.15) is 25.1 Å². The van der Waals surface area contributed by atoms with E-state index in [4.69, 9.17) is 10.9 Å². The molecule has 5 nitrogen and oxygen atoms in total. The van der Waals surface area contributed by atoms with Gasteiger partial charge in [-0.25, -0.2) is 4.98 Å². The lowest BCUT2D eigenvalue weighted by Crippen LogP contribution is -2.15. The molecule has 1 heterocycles. The summed E-state index contributed by atoms with van der Waals surface area (Å²) in [6, 6.07) is 3.54. The van der Waals surface area contributed by atoms with E-state index in [1.165, 1.54) is 0 Å². The first-order chi connectivity index (χ1) is 7.52. The van der Waals surface area contributed by atoms with Crippen molar-refractivity contribution in [2.75, 3.05) is 11.9 Å². The van der Waals surface area contributed by atoms with Crippen molar-refractivity contribution in [2.24, 2.45) is 16.8 Å². The zero-order chi connectivity index (χ0) is 12.1. The number of pyridine rings is 1. The molecule has 0 atom stereocenters. The SMILES string of the molecule is Cc1cc(C(N)=NO)cc(NCC(C)C)n1. The molecule has 5 heteroatoms. The van der Waals surface area contributed by atoms with E-state index in [2.05, 4.69) is 29.3 Å². The minimum Gasteiger partial charge on any atom is -0.409 e. The number of hydrogen-bond donors (Lipinski definition) is 3. The van der Waals surface area contributed by atoms with E-state index >= 15 is 0 Å². The molecule has 0 spiro atoms. The molecule has 1 aromatic rings. The first kappa shape index (κ1) is 12.3. The Morgan fingerprint density at radius 3 is 2.81 bits per heavy atom. The van der Waals surface area contributed by atoms with E-state index in [1.807, 2.05) is 6.92 Å². The molecule has 0 saturated carbocycles. The fraction of sp³-hybridized carbons (Fsp3) is 0.455. The summed E-state index contributed by atoms with van der Waals surface area (Å²) in [5.74, 6) is 1.38. The van der Waals surface area contributed by atoms with Crippen molar-refractivity contribution in [3.05, 3.63) is 23.4 Å². The van der Waals surface area contributed by atoms with Crippen LogP contribution >= 0.6 is 0 Å². The Kier molecular flexibility index (Phi) is 4.10. The largest absolute Gasteiger partial charge is 0.409 e. The van der Waals surface area contributed by atoms with Gasteiger partial charge in [0.15, 0.2) is 5.84 Å². The standard InChI is InChI=1S/C11H18N4O/c1-7(2)6-13-10-5-9(11(12)15-16)4-8(3)14-10/h4-5,7,16H,6H2,1-3H3,(H2,12,15)(H,13,14). The van der Waals surface area contributed by atoms with Gasteiger partial charge in [-0.3, -0.25) is 0 Å². The molecule has 4 N–H and O–H groups in total. The molecule has 0 aliphatic heterocycles. The maximum absolute atomic E-state index is 8.61. The van der Waals surface area contributed by atoms with Crippen LogP contribution in [0, 0.1) is 12.8 Å². The van der Waals surface area contributed by atoms with Gasteiger partial charge in [0.1, 0.15) is 5.82 Å². The Bertz CT molecular complexity index is 388. The average Bonchev–Trinajstić information content (AvgIpc) is 2.24. The van der Waals surface area contributed by atoms with Crippen LogP contribution in [0.4, 0.5) is 5.82 Å². The fourth-order valence-electron chi connectivity index (χ4n) is 1.27. The van der Waals surface area contributed by atoms with Crippen LogP contribution in [0.2, 0.25) is 0 Å². The van der Waals surface area contributed by atoms with Crippen LogP contribution in [0.25, 0.3) is 0 Å². The first-order valence-corrected chi connectivity index (χ1v) is 5.23. The second-order valence-corrected chi connectivity index (χ2v) is 4.14. The van der Waals surface area contributed by atoms with Crippen molar-refractivity contribution in [2.45, 2.75) is 20.8 Å². The van der Waals surface area contributed by atoms with E-state index in [-0.39, 0.29) is 5.84 Å². The monoisotopic (exact) mass is 222 g/mol.